The van der Waals surface area contributed by atoms with Gasteiger partial charge < -0.3 is 15.1 Å². The lowest BCUT2D eigenvalue weighted by atomic mass is 9.94. The average Bonchev–Trinajstić information content (AvgIpc) is 2.83. The van der Waals surface area contributed by atoms with Crippen molar-refractivity contribution in [2.45, 2.75) is 45.6 Å². The van der Waals surface area contributed by atoms with Gasteiger partial charge in [0.15, 0.2) is 0 Å². The minimum absolute atomic E-state index is 0.0417. The fraction of sp³-hybridized carbons (Fsp3) is 0.423. The zero-order valence-corrected chi connectivity index (χ0v) is 20.2. The maximum absolute atomic E-state index is 13.7. The second kappa shape index (κ2) is 9.85. The molecule has 2 fully saturated rings. The van der Waals surface area contributed by atoms with Crippen LogP contribution in [0.1, 0.15) is 37.9 Å². The lowest BCUT2D eigenvalue weighted by Gasteiger charge is -2.56. The minimum atomic E-state index is -0.629. The number of fused-ring (bicyclic) bond motifs is 1. The molecule has 0 saturated carbocycles. The molecule has 0 aliphatic carbocycles. The van der Waals surface area contributed by atoms with E-state index in [0.717, 1.165) is 11.1 Å². The number of carbonyl (C=O) groups is 3. The molecule has 2 aliphatic rings. The Labute approximate surface area is 201 Å². The first-order valence-corrected chi connectivity index (χ1v) is 11.8. The number of hydrogen-bond acceptors (Lipinski definition) is 4. The number of likely N-dealkylation sites (N-methyl/N-ethyl adjacent to an activating group) is 1. The molecule has 2 aliphatic heterocycles. The van der Waals surface area contributed by atoms with Crippen LogP contribution in [0.4, 0.5) is 4.79 Å². The lowest BCUT2D eigenvalue weighted by Crippen LogP contribution is -2.76. The van der Waals surface area contributed by atoms with E-state index in [-0.39, 0.29) is 42.9 Å². The summed E-state index contributed by atoms with van der Waals surface area (Å²) in [6, 6.07) is 18.4. The van der Waals surface area contributed by atoms with Crippen molar-refractivity contribution in [3.63, 3.8) is 0 Å². The van der Waals surface area contributed by atoms with Gasteiger partial charge in [-0.3, -0.25) is 9.59 Å². The molecular formula is C26H33N5O3. The highest BCUT2D eigenvalue weighted by molar-refractivity contribution is 5.91. The summed E-state index contributed by atoms with van der Waals surface area (Å²) in [5, 5.41) is 6.23. The van der Waals surface area contributed by atoms with Crippen molar-refractivity contribution in [2.75, 3.05) is 20.1 Å². The van der Waals surface area contributed by atoms with Crippen LogP contribution >= 0.6 is 0 Å². The third-order valence-corrected chi connectivity index (χ3v) is 6.69. The minimum Gasteiger partial charge on any atom is -0.333 e. The molecule has 4 amide bonds. The molecule has 8 heteroatoms. The molecular weight excluding hydrogens is 430 g/mol. The summed E-state index contributed by atoms with van der Waals surface area (Å²) < 4.78 is 0. The predicted octanol–water partition coefficient (Wildman–Crippen LogP) is 2.84. The molecule has 34 heavy (non-hydrogen) atoms. The second-order valence-corrected chi connectivity index (χ2v) is 9.35. The Bertz CT molecular complexity index is 1030. The van der Waals surface area contributed by atoms with Gasteiger partial charge in [-0.15, -0.1) is 0 Å². The Morgan fingerprint density at radius 1 is 1.00 bits per heavy atom. The standard InChI is InChI=1S/C26H33N5O3/c1-18(2)24-25(33)29(19(3)21-13-9-6-10-14-21)16-22-30(24)23(32)17-28(4)31(22)26(34)27-15-20-11-7-5-8-12-20/h5-14,18-19,22,24H,15-17H2,1-4H3,(H,27,34)/t19-,22-,24-/m0/s1. The molecule has 2 heterocycles. The third-order valence-electron chi connectivity index (χ3n) is 6.69. The average molecular weight is 464 g/mol. The van der Waals surface area contributed by atoms with Crippen molar-refractivity contribution in [2.24, 2.45) is 5.92 Å². The highest BCUT2D eigenvalue weighted by Gasteiger charge is 2.52. The molecule has 2 aromatic rings. The van der Waals surface area contributed by atoms with Crippen molar-refractivity contribution in [3.05, 3.63) is 71.8 Å². The second-order valence-electron chi connectivity index (χ2n) is 9.35. The van der Waals surface area contributed by atoms with E-state index in [2.05, 4.69) is 5.32 Å². The van der Waals surface area contributed by atoms with Gasteiger partial charge >= 0.3 is 6.03 Å². The molecule has 2 saturated heterocycles. The number of amides is 4. The molecule has 2 aromatic carbocycles. The number of nitrogens with zero attached hydrogens (tertiary/aromatic N) is 4. The van der Waals surface area contributed by atoms with Gasteiger partial charge in [-0.1, -0.05) is 74.5 Å². The van der Waals surface area contributed by atoms with Crippen LogP contribution in [0, 0.1) is 5.92 Å². The summed E-state index contributed by atoms with van der Waals surface area (Å²) >= 11 is 0. The smallest absolute Gasteiger partial charge is 0.333 e. The zero-order chi connectivity index (χ0) is 24.4. The Morgan fingerprint density at radius 3 is 2.24 bits per heavy atom. The summed E-state index contributed by atoms with van der Waals surface area (Å²) in [4.78, 5) is 43.6. The molecule has 0 radical (unpaired) electrons. The van der Waals surface area contributed by atoms with Gasteiger partial charge in [0.1, 0.15) is 12.2 Å². The van der Waals surface area contributed by atoms with Crippen LogP contribution in [0.25, 0.3) is 0 Å². The first-order chi connectivity index (χ1) is 16.3. The van der Waals surface area contributed by atoms with E-state index in [1.54, 1.807) is 22.0 Å². The van der Waals surface area contributed by atoms with Crippen LogP contribution in [0.15, 0.2) is 60.7 Å². The van der Waals surface area contributed by atoms with Crippen molar-refractivity contribution in [1.82, 2.24) is 25.1 Å². The van der Waals surface area contributed by atoms with Crippen LogP contribution < -0.4 is 5.32 Å². The number of rotatable bonds is 5. The molecule has 8 nitrogen and oxygen atoms in total. The third kappa shape index (κ3) is 4.50. The van der Waals surface area contributed by atoms with Gasteiger partial charge in [0.25, 0.3) is 0 Å². The van der Waals surface area contributed by atoms with E-state index in [0.29, 0.717) is 6.54 Å². The Morgan fingerprint density at radius 2 is 1.62 bits per heavy atom. The van der Waals surface area contributed by atoms with E-state index in [9.17, 15) is 14.4 Å². The van der Waals surface area contributed by atoms with E-state index < -0.39 is 12.2 Å². The molecule has 0 bridgehead atoms. The van der Waals surface area contributed by atoms with Crippen LogP contribution in [0.2, 0.25) is 0 Å². The maximum Gasteiger partial charge on any atom is 0.334 e. The number of urea groups is 1. The first kappa shape index (κ1) is 23.8. The summed E-state index contributed by atoms with van der Waals surface area (Å²) in [6.45, 7) is 6.55. The molecule has 3 atom stereocenters. The maximum atomic E-state index is 13.7. The van der Waals surface area contributed by atoms with Crippen molar-refractivity contribution in [1.29, 1.82) is 0 Å². The predicted molar refractivity (Wildman–Crippen MR) is 129 cm³/mol. The van der Waals surface area contributed by atoms with Crippen LogP contribution in [-0.4, -0.2) is 70.0 Å². The topological polar surface area (TPSA) is 76.2 Å². The molecule has 1 N–H and O–H groups in total. The fourth-order valence-electron chi connectivity index (χ4n) is 4.94. The largest absolute Gasteiger partial charge is 0.334 e. The van der Waals surface area contributed by atoms with Gasteiger partial charge in [0, 0.05) is 13.6 Å². The van der Waals surface area contributed by atoms with E-state index in [1.807, 2.05) is 86.3 Å². The molecule has 0 unspecified atom stereocenters. The zero-order valence-electron chi connectivity index (χ0n) is 20.2. The van der Waals surface area contributed by atoms with Crippen molar-refractivity contribution < 1.29 is 14.4 Å². The van der Waals surface area contributed by atoms with Crippen molar-refractivity contribution >= 4 is 17.8 Å². The summed E-state index contributed by atoms with van der Waals surface area (Å²) in [5.74, 6) is -0.314. The van der Waals surface area contributed by atoms with Crippen LogP contribution in [0.5, 0.6) is 0 Å². The van der Waals surface area contributed by atoms with Crippen LogP contribution in [-0.2, 0) is 16.1 Å². The summed E-state index contributed by atoms with van der Waals surface area (Å²) in [7, 11) is 1.74. The lowest BCUT2D eigenvalue weighted by molar-refractivity contribution is -0.192. The monoisotopic (exact) mass is 463 g/mol. The SMILES string of the molecule is CC(C)[C@H]1C(=O)N([C@@H](C)c2ccccc2)C[C@H]2N1C(=O)CN(C)N2C(=O)NCc1ccccc1. The van der Waals surface area contributed by atoms with E-state index in [4.69, 9.17) is 0 Å². The number of hydrogen-bond donors (Lipinski definition) is 1. The number of piperazine rings is 1. The normalized spacial score (nSPS) is 22.1. The molecule has 0 spiro atoms. The fourth-order valence-corrected chi connectivity index (χ4v) is 4.94. The van der Waals surface area contributed by atoms with Gasteiger partial charge in [-0.2, -0.15) is 0 Å². The Hall–Kier alpha value is -3.39. The van der Waals surface area contributed by atoms with E-state index in [1.165, 1.54) is 0 Å². The number of hydrazine groups is 1. The molecule has 0 aromatic heterocycles. The van der Waals surface area contributed by atoms with Crippen molar-refractivity contribution in [3.8, 4) is 0 Å². The summed E-state index contributed by atoms with van der Waals surface area (Å²) in [5.41, 5.74) is 2.00. The number of nitrogens with one attached hydrogen (secondary N) is 1. The highest BCUT2D eigenvalue weighted by atomic mass is 16.2. The molecule has 4 rings (SSSR count). The summed E-state index contributed by atoms with van der Waals surface area (Å²) in [6.07, 6.45) is -0.585. The molecule has 180 valence electrons. The van der Waals surface area contributed by atoms with Gasteiger partial charge in [-0.25, -0.2) is 14.8 Å². The first-order valence-electron chi connectivity index (χ1n) is 11.8. The van der Waals surface area contributed by atoms with Crippen LogP contribution in [0.3, 0.4) is 0 Å². The van der Waals surface area contributed by atoms with E-state index >= 15 is 0 Å². The highest BCUT2D eigenvalue weighted by Crippen LogP contribution is 2.33. The van der Waals surface area contributed by atoms with Gasteiger partial charge in [0.05, 0.1) is 19.1 Å². The number of benzene rings is 2. The Kier molecular flexibility index (Phi) is 6.88. The van der Waals surface area contributed by atoms with Gasteiger partial charge in [-0.05, 0) is 24.0 Å². The Balaban J connectivity index is 1.64. The quantitative estimate of drug-likeness (QED) is 0.740. The number of carbonyl (C=O) groups excluding carboxylic acids is 3. The van der Waals surface area contributed by atoms with Gasteiger partial charge in [0.2, 0.25) is 11.8 Å².